The number of nitrogens with zero attached hydrogens (tertiary/aromatic N) is 1. The molecule has 5 heteroatoms. The van der Waals surface area contributed by atoms with E-state index in [4.69, 9.17) is 5.11 Å². The number of carbonyl (C=O) groups is 2. The van der Waals surface area contributed by atoms with Crippen LogP contribution in [0.3, 0.4) is 0 Å². The van der Waals surface area contributed by atoms with E-state index in [0.717, 1.165) is 10.5 Å². The van der Waals surface area contributed by atoms with E-state index in [1.807, 2.05) is 31.2 Å². The summed E-state index contributed by atoms with van der Waals surface area (Å²) >= 11 is 1.48. The van der Waals surface area contributed by atoms with Gasteiger partial charge in [-0.2, -0.15) is 0 Å². The molecule has 104 valence electrons. The Morgan fingerprint density at radius 1 is 1.37 bits per heavy atom. The summed E-state index contributed by atoms with van der Waals surface area (Å²) in [5.74, 6) is -1.15. The van der Waals surface area contributed by atoms with Crippen LogP contribution in [0.1, 0.15) is 12.5 Å². The molecule has 0 bridgehead atoms. The van der Waals surface area contributed by atoms with E-state index in [1.54, 1.807) is 14.0 Å². The van der Waals surface area contributed by atoms with Gasteiger partial charge in [0.05, 0.1) is 11.7 Å². The summed E-state index contributed by atoms with van der Waals surface area (Å²) in [4.78, 5) is 25.2. The maximum absolute atomic E-state index is 11.9. The maximum atomic E-state index is 11.9. The van der Waals surface area contributed by atoms with Crippen LogP contribution in [0.5, 0.6) is 0 Å². The zero-order valence-electron chi connectivity index (χ0n) is 11.4. The minimum Gasteiger partial charge on any atom is -0.481 e. The molecule has 1 rings (SSSR count). The summed E-state index contributed by atoms with van der Waals surface area (Å²) in [7, 11) is 1.64. The van der Waals surface area contributed by atoms with Crippen LogP contribution in [0.15, 0.2) is 29.2 Å². The van der Waals surface area contributed by atoms with Gasteiger partial charge in [0, 0.05) is 18.5 Å². The lowest BCUT2D eigenvalue weighted by Gasteiger charge is -2.19. The van der Waals surface area contributed by atoms with Crippen LogP contribution in [-0.4, -0.2) is 41.2 Å². The van der Waals surface area contributed by atoms with Gasteiger partial charge < -0.3 is 10.0 Å². The Labute approximate surface area is 117 Å². The van der Waals surface area contributed by atoms with Gasteiger partial charge in [-0.05, 0) is 18.6 Å². The summed E-state index contributed by atoms with van der Waals surface area (Å²) in [6, 6.07) is 7.88. The molecule has 0 aliphatic heterocycles. The highest BCUT2D eigenvalue weighted by Crippen LogP contribution is 2.21. The molecule has 0 fully saturated rings. The summed E-state index contributed by atoms with van der Waals surface area (Å²) in [5.41, 5.74) is 1.14. The number of aryl methyl sites for hydroxylation is 1. The van der Waals surface area contributed by atoms with Crippen LogP contribution in [0.2, 0.25) is 0 Å². The van der Waals surface area contributed by atoms with Crippen molar-refractivity contribution >= 4 is 23.6 Å². The molecule has 4 nitrogen and oxygen atoms in total. The Hall–Kier alpha value is -1.49. The van der Waals surface area contributed by atoms with Crippen molar-refractivity contribution in [1.29, 1.82) is 0 Å². The third kappa shape index (κ3) is 4.95. The molecule has 1 N–H and O–H groups in total. The minimum absolute atomic E-state index is 0.0543. The molecular weight excluding hydrogens is 262 g/mol. The van der Waals surface area contributed by atoms with E-state index in [9.17, 15) is 9.59 Å². The summed E-state index contributed by atoms with van der Waals surface area (Å²) in [5, 5.41) is 8.81. The molecule has 19 heavy (non-hydrogen) atoms. The number of hydrogen-bond acceptors (Lipinski definition) is 3. The van der Waals surface area contributed by atoms with Gasteiger partial charge >= 0.3 is 5.97 Å². The van der Waals surface area contributed by atoms with Crippen LogP contribution in [-0.2, 0) is 9.59 Å². The smallest absolute Gasteiger partial charge is 0.308 e. The number of benzene rings is 1. The van der Waals surface area contributed by atoms with Gasteiger partial charge in [-0.15, -0.1) is 11.8 Å². The quantitative estimate of drug-likeness (QED) is 0.813. The van der Waals surface area contributed by atoms with Crippen molar-refractivity contribution in [3.63, 3.8) is 0 Å². The van der Waals surface area contributed by atoms with Crippen LogP contribution in [0, 0.1) is 12.8 Å². The lowest BCUT2D eigenvalue weighted by molar-refractivity contribution is -0.142. The van der Waals surface area contributed by atoms with E-state index < -0.39 is 11.9 Å². The monoisotopic (exact) mass is 281 g/mol. The van der Waals surface area contributed by atoms with Gasteiger partial charge in [0.15, 0.2) is 0 Å². The second kappa shape index (κ2) is 7.19. The van der Waals surface area contributed by atoms with Gasteiger partial charge in [0.25, 0.3) is 0 Å². The number of carboxylic acid groups (broad SMARTS) is 1. The molecule has 1 aromatic carbocycles. The highest BCUT2D eigenvalue weighted by atomic mass is 32.2. The van der Waals surface area contributed by atoms with Crippen molar-refractivity contribution < 1.29 is 14.7 Å². The third-order valence-corrected chi connectivity index (χ3v) is 4.00. The highest BCUT2D eigenvalue weighted by Gasteiger charge is 2.17. The fourth-order valence-corrected chi connectivity index (χ4v) is 2.53. The first-order valence-corrected chi connectivity index (χ1v) is 7.05. The van der Waals surface area contributed by atoms with E-state index in [0.29, 0.717) is 5.75 Å². The Kier molecular flexibility index (Phi) is 5.89. The second-order valence-corrected chi connectivity index (χ2v) is 5.58. The Morgan fingerprint density at radius 3 is 2.58 bits per heavy atom. The summed E-state index contributed by atoms with van der Waals surface area (Å²) < 4.78 is 0. The van der Waals surface area contributed by atoms with Crippen LogP contribution >= 0.6 is 11.8 Å². The number of carboxylic acids is 1. The molecule has 0 aliphatic rings. The lowest BCUT2D eigenvalue weighted by Crippen LogP contribution is -2.34. The zero-order chi connectivity index (χ0) is 14.4. The lowest BCUT2D eigenvalue weighted by atomic mass is 10.2. The first-order chi connectivity index (χ1) is 8.91. The SMILES string of the molecule is Cc1ccccc1SCC(=O)N(C)CC(C)C(=O)O. The Balaban J connectivity index is 2.47. The van der Waals surface area contributed by atoms with E-state index in [-0.39, 0.29) is 12.5 Å². The number of aliphatic carboxylic acids is 1. The molecule has 1 atom stereocenters. The zero-order valence-corrected chi connectivity index (χ0v) is 12.2. The molecule has 1 amide bonds. The fraction of sp³-hybridized carbons (Fsp3) is 0.429. The van der Waals surface area contributed by atoms with Gasteiger partial charge in [0.1, 0.15) is 0 Å². The minimum atomic E-state index is -0.883. The molecule has 0 heterocycles. The standard InChI is InChI=1S/C14H19NO3S/c1-10-6-4-5-7-12(10)19-9-13(16)15(3)8-11(2)14(17)18/h4-7,11H,8-9H2,1-3H3,(H,17,18). The van der Waals surface area contributed by atoms with Crippen molar-refractivity contribution in [1.82, 2.24) is 4.90 Å². The third-order valence-electron chi connectivity index (χ3n) is 2.84. The second-order valence-electron chi connectivity index (χ2n) is 4.57. The van der Waals surface area contributed by atoms with E-state index in [2.05, 4.69) is 0 Å². The number of thioether (sulfide) groups is 1. The van der Waals surface area contributed by atoms with E-state index in [1.165, 1.54) is 16.7 Å². The Morgan fingerprint density at radius 2 is 2.00 bits per heavy atom. The molecule has 0 spiro atoms. The molecule has 1 aromatic rings. The molecular formula is C14H19NO3S. The highest BCUT2D eigenvalue weighted by molar-refractivity contribution is 8.00. The maximum Gasteiger partial charge on any atom is 0.308 e. The van der Waals surface area contributed by atoms with Crippen molar-refractivity contribution in [3.05, 3.63) is 29.8 Å². The molecule has 0 saturated heterocycles. The number of hydrogen-bond donors (Lipinski definition) is 1. The van der Waals surface area contributed by atoms with Crippen molar-refractivity contribution in [2.24, 2.45) is 5.92 Å². The molecule has 0 aliphatic carbocycles. The van der Waals surface area contributed by atoms with Crippen LogP contribution < -0.4 is 0 Å². The van der Waals surface area contributed by atoms with Gasteiger partial charge in [-0.1, -0.05) is 25.1 Å². The van der Waals surface area contributed by atoms with Crippen molar-refractivity contribution in [3.8, 4) is 0 Å². The van der Waals surface area contributed by atoms with Gasteiger partial charge in [-0.25, -0.2) is 0 Å². The average Bonchev–Trinajstić information content (AvgIpc) is 2.37. The molecule has 0 radical (unpaired) electrons. The summed E-state index contributed by atoms with van der Waals surface area (Å²) in [6.07, 6.45) is 0. The van der Waals surface area contributed by atoms with Crippen molar-refractivity contribution in [2.45, 2.75) is 18.7 Å². The topological polar surface area (TPSA) is 57.6 Å². The largest absolute Gasteiger partial charge is 0.481 e. The first kappa shape index (κ1) is 15.6. The molecule has 0 saturated carbocycles. The summed E-state index contributed by atoms with van der Waals surface area (Å²) in [6.45, 7) is 3.84. The van der Waals surface area contributed by atoms with Crippen LogP contribution in [0.25, 0.3) is 0 Å². The average molecular weight is 281 g/mol. The van der Waals surface area contributed by atoms with E-state index >= 15 is 0 Å². The van der Waals surface area contributed by atoms with Gasteiger partial charge in [-0.3, -0.25) is 9.59 Å². The predicted octanol–water partition coefficient (Wildman–Crippen LogP) is 2.27. The van der Waals surface area contributed by atoms with Gasteiger partial charge in [0.2, 0.25) is 5.91 Å². The normalized spacial score (nSPS) is 11.9. The number of rotatable bonds is 6. The first-order valence-electron chi connectivity index (χ1n) is 6.07. The Bertz CT molecular complexity index is 462. The number of carbonyl (C=O) groups excluding carboxylic acids is 1. The molecule has 0 aromatic heterocycles. The van der Waals surface area contributed by atoms with Crippen molar-refractivity contribution in [2.75, 3.05) is 19.3 Å². The van der Waals surface area contributed by atoms with Crippen LogP contribution in [0.4, 0.5) is 0 Å². The molecule has 1 unspecified atom stereocenters. The number of amides is 1. The predicted molar refractivity (Wildman–Crippen MR) is 76.3 cm³/mol. The fourth-order valence-electron chi connectivity index (χ4n) is 1.56.